The second-order valence-corrected chi connectivity index (χ2v) is 4.56. The van der Waals surface area contributed by atoms with Crippen LogP contribution in [0.4, 0.5) is 5.69 Å². The molecule has 0 atom stereocenters. The highest BCUT2D eigenvalue weighted by molar-refractivity contribution is 9.10. The molecule has 6 nitrogen and oxygen atoms in total. The molecule has 0 fully saturated rings. The quantitative estimate of drug-likeness (QED) is 0.919. The number of carbonyl (C=O) groups is 1. The number of carbonyl (C=O) groups excluding carboxylic acids is 1. The summed E-state index contributed by atoms with van der Waals surface area (Å²) < 4.78 is 3.20. The molecule has 1 aromatic carbocycles. The van der Waals surface area contributed by atoms with E-state index in [0.717, 1.165) is 9.15 Å². The van der Waals surface area contributed by atoms with Crippen LogP contribution in [0.25, 0.3) is 0 Å². The van der Waals surface area contributed by atoms with Crippen LogP contribution in [0, 0.1) is 0 Å². The number of amides is 1. The first-order valence-electron chi connectivity index (χ1n) is 5.21. The fraction of sp³-hybridized carbons (Fsp3) is 0.182. The highest BCUT2D eigenvalue weighted by atomic mass is 79.9. The van der Waals surface area contributed by atoms with E-state index < -0.39 is 0 Å². The van der Waals surface area contributed by atoms with Gasteiger partial charge in [-0.25, -0.2) is 9.48 Å². The minimum absolute atomic E-state index is 0.110. The number of hydrogen-bond donors (Lipinski definition) is 1. The van der Waals surface area contributed by atoms with Gasteiger partial charge in [0.2, 0.25) is 5.91 Å². The molecular formula is C11H11BrN4O2. The number of nitrogens with zero attached hydrogens (tertiary/aromatic N) is 3. The molecule has 94 valence electrons. The van der Waals surface area contributed by atoms with Gasteiger partial charge in [0.1, 0.15) is 12.9 Å². The maximum Gasteiger partial charge on any atom is 0.345 e. The molecular weight excluding hydrogens is 300 g/mol. The molecule has 2 rings (SSSR count). The van der Waals surface area contributed by atoms with Crippen molar-refractivity contribution in [2.75, 3.05) is 5.32 Å². The van der Waals surface area contributed by atoms with Crippen LogP contribution in [-0.2, 0) is 18.4 Å². The predicted octanol–water partition coefficient (Wildman–Crippen LogP) is 0.983. The Morgan fingerprint density at radius 2 is 2.17 bits per heavy atom. The minimum atomic E-state index is -0.322. The van der Waals surface area contributed by atoms with Crippen molar-refractivity contribution >= 4 is 27.5 Å². The maximum atomic E-state index is 11.8. The largest absolute Gasteiger partial charge is 0.345 e. The molecule has 18 heavy (non-hydrogen) atoms. The second kappa shape index (κ2) is 5.18. The van der Waals surface area contributed by atoms with Gasteiger partial charge >= 0.3 is 5.69 Å². The summed E-state index contributed by atoms with van der Waals surface area (Å²) >= 11 is 3.33. The molecule has 0 saturated carbocycles. The molecule has 0 aliphatic carbocycles. The molecule has 1 heterocycles. The van der Waals surface area contributed by atoms with Crippen molar-refractivity contribution in [2.24, 2.45) is 7.05 Å². The van der Waals surface area contributed by atoms with Crippen molar-refractivity contribution in [3.05, 3.63) is 45.5 Å². The molecule has 1 aromatic heterocycles. The van der Waals surface area contributed by atoms with E-state index >= 15 is 0 Å². The molecule has 2 aromatic rings. The Hall–Kier alpha value is -1.89. The molecule has 0 aliphatic heterocycles. The van der Waals surface area contributed by atoms with Crippen molar-refractivity contribution in [1.82, 2.24) is 14.3 Å². The van der Waals surface area contributed by atoms with Gasteiger partial charge < -0.3 is 5.32 Å². The van der Waals surface area contributed by atoms with Crippen molar-refractivity contribution in [3.63, 3.8) is 0 Å². The second-order valence-electron chi connectivity index (χ2n) is 3.71. The summed E-state index contributed by atoms with van der Waals surface area (Å²) in [6.07, 6.45) is 1.37. The number of hydrogen-bond acceptors (Lipinski definition) is 3. The van der Waals surface area contributed by atoms with E-state index in [1.165, 1.54) is 10.9 Å². The third-order valence-corrected chi connectivity index (χ3v) is 3.02. The summed E-state index contributed by atoms with van der Waals surface area (Å²) in [4.78, 5) is 23.3. The van der Waals surface area contributed by atoms with Gasteiger partial charge in [0.15, 0.2) is 0 Å². The van der Waals surface area contributed by atoms with E-state index in [2.05, 4.69) is 26.3 Å². The fourth-order valence-corrected chi connectivity index (χ4v) is 1.80. The summed E-state index contributed by atoms with van der Waals surface area (Å²) in [6.45, 7) is -0.110. The standard InChI is InChI=1S/C11H11BrN4O2/c1-15-7-13-16(11(15)18)6-10(17)14-9-5-3-2-4-8(9)12/h2-5,7H,6H2,1H3,(H,14,17). The summed E-state index contributed by atoms with van der Waals surface area (Å²) in [7, 11) is 1.58. The van der Waals surface area contributed by atoms with Crippen LogP contribution in [0.1, 0.15) is 0 Å². The minimum Gasteiger partial charge on any atom is -0.323 e. The lowest BCUT2D eigenvalue weighted by Gasteiger charge is -2.06. The van der Waals surface area contributed by atoms with Gasteiger partial charge in [0.25, 0.3) is 0 Å². The zero-order valence-corrected chi connectivity index (χ0v) is 11.2. The first-order chi connectivity index (χ1) is 8.58. The van der Waals surface area contributed by atoms with Gasteiger partial charge in [0.05, 0.1) is 5.69 Å². The monoisotopic (exact) mass is 310 g/mol. The lowest BCUT2D eigenvalue weighted by Crippen LogP contribution is -2.29. The van der Waals surface area contributed by atoms with E-state index in [4.69, 9.17) is 0 Å². The van der Waals surface area contributed by atoms with E-state index in [0.29, 0.717) is 5.69 Å². The van der Waals surface area contributed by atoms with Crippen LogP contribution in [-0.4, -0.2) is 20.3 Å². The van der Waals surface area contributed by atoms with Crippen molar-refractivity contribution in [2.45, 2.75) is 6.54 Å². The van der Waals surface area contributed by atoms with Crippen LogP contribution in [0.2, 0.25) is 0 Å². The lowest BCUT2D eigenvalue weighted by molar-refractivity contribution is -0.117. The number of para-hydroxylation sites is 1. The third kappa shape index (κ3) is 2.67. The molecule has 0 spiro atoms. The van der Waals surface area contributed by atoms with Gasteiger partial charge in [-0.15, -0.1) is 0 Å². The van der Waals surface area contributed by atoms with Crippen LogP contribution in [0.5, 0.6) is 0 Å². The Morgan fingerprint density at radius 3 is 2.78 bits per heavy atom. The molecule has 0 aliphatic rings. The first kappa shape index (κ1) is 12.6. The number of halogens is 1. The predicted molar refractivity (Wildman–Crippen MR) is 70.2 cm³/mol. The Labute approximate surface area is 111 Å². The highest BCUT2D eigenvalue weighted by Gasteiger charge is 2.09. The Morgan fingerprint density at radius 1 is 1.44 bits per heavy atom. The number of nitrogens with one attached hydrogen (secondary N) is 1. The average Bonchev–Trinajstić information content (AvgIpc) is 2.64. The number of benzene rings is 1. The number of rotatable bonds is 3. The topological polar surface area (TPSA) is 68.9 Å². The molecule has 0 unspecified atom stereocenters. The fourth-order valence-electron chi connectivity index (χ4n) is 1.42. The van der Waals surface area contributed by atoms with Gasteiger partial charge in [-0.1, -0.05) is 12.1 Å². The van der Waals surface area contributed by atoms with Crippen LogP contribution >= 0.6 is 15.9 Å². The summed E-state index contributed by atoms with van der Waals surface area (Å²) in [5.74, 6) is -0.303. The molecule has 7 heteroatoms. The number of aromatic nitrogens is 3. The molecule has 0 radical (unpaired) electrons. The smallest absolute Gasteiger partial charge is 0.323 e. The van der Waals surface area contributed by atoms with E-state index in [9.17, 15) is 9.59 Å². The Bertz CT molecular complexity index is 632. The third-order valence-electron chi connectivity index (χ3n) is 2.33. The number of aryl methyl sites for hydroxylation is 1. The van der Waals surface area contributed by atoms with Crippen molar-refractivity contribution < 1.29 is 4.79 Å². The van der Waals surface area contributed by atoms with E-state index in [-0.39, 0.29) is 18.1 Å². The van der Waals surface area contributed by atoms with Crippen molar-refractivity contribution in [1.29, 1.82) is 0 Å². The van der Waals surface area contributed by atoms with E-state index in [1.807, 2.05) is 18.2 Å². The maximum absolute atomic E-state index is 11.8. The molecule has 0 bridgehead atoms. The van der Waals surface area contributed by atoms with Gasteiger partial charge in [-0.05, 0) is 28.1 Å². The lowest BCUT2D eigenvalue weighted by atomic mass is 10.3. The zero-order valence-electron chi connectivity index (χ0n) is 9.63. The average molecular weight is 311 g/mol. The van der Waals surface area contributed by atoms with Gasteiger partial charge in [-0.2, -0.15) is 5.10 Å². The highest BCUT2D eigenvalue weighted by Crippen LogP contribution is 2.20. The Kier molecular flexibility index (Phi) is 3.61. The summed E-state index contributed by atoms with van der Waals surface area (Å²) in [6, 6.07) is 7.25. The van der Waals surface area contributed by atoms with Gasteiger partial charge in [-0.3, -0.25) is 9.36 Å². The van der Waals surface area contributed by atoms with Crippen LogP contribution < -0.4 is 11.0 Å². The normalized spacial score (nSPS) is 10.3. The zero-order chi connectivity index (χ0) is 13.1. The first-order valence-corrected chi connectivity index (χ1v) is 6.00. The van der Waals surface area contributed by atoms with Crippen LogP contribution in [0.3, 0.4) is 0 Å². The molecule has 0 saturated heterocycles. The SMILES string of the molecule is Cn1cnn(CC(=O)Nc2ccccc2Br)c1=O. The van der Waals surface area contributed by atoms with Crippen LogP contribution in [0.15, 0.2) is 39.9 Å². The Balaban J connectivity index is 2.08. The van der Waals surface area contributed by atoms with Crippen molar-refractivity contribution in [3.8, 4) is 0 Å². The summed E-state index contributed by atoms with van der Waals surface area (Å²) in [5, 5.41) is 6.51. The van der Waals surface area contributed by atoms with Gasteiger partial charge in [0, 0.05) is 11.5 Å². The van der Waals surface area contributed by atoms with E-state index in [1.54, 1.807) is 13.1 Å². The molecule has 1 amide bonds. The molecule has 1 N–H and O–H groups in total. The summed E-state index contributed by atoms with van der Waals surface area (Å²) in [5.41, 5.74) is 0.337. The number of anilines is 1.